The Morgan fingerprint density at radius 3 is 2.25 bits per heavy atom. The molecule has 0 aromatic heterocycles. The van der Waals surface area contributed by atoms with Crippen molar-refractivity contribution in [1.29, 1.82) is 0 Å². The number of aryl methyl sites for hydroxylation is 2. The van der Waals surface area contributed by atoms with Crippen LogP contribution in [-0.2, 0) is 0 Å². The van der Waals surface area contributed by atoms with Crippen molar-refractivity contribution >= 4 is 0 Å². The van der Waals surface area contributed by atoms with Crippen LogP contribution in [0.25, 0.3) is 0 Å². The van der Waals surface area contributed by atoms with E-state index in [0.717, 1.165) is 5.75 Å². The van der Waals surface area contributed by atoms with Gasteiger partial charge in [0.05, 0.1) is 0 Å². The fraction of sp³-hybridized carbons (Fsp3) is 0.400. The van der Waals surface area contributed by atoms with Crippen LogP contribution in [0, 0.1) is 17.4 Å². The van der Waals surface area contributed by atoms with Crippen LogP contribution >= 0.6 is 0 Å². The summed E-state index contributed by atoms with van der Waals surface area (Å²) in [6.07, 6.45) is 0. The van der Waals surface area contributed by atoms with Gasteiger partial charge in [0.15, 0.2) is 0 Å². The molecule has 1 aromatic carbocycles. The Balaban J connectivity index is 3.19. The molecule has 0 aliphatic heterocycles. The van der Waals surface area contributed by atoms with Gasteiger partial charge in [-0.15, -0.1) is 0 Å². The van der Waals surface area contributed by atoms with Crippen molar-refractivity contribution in [3.63, 3.8) is 0 Å². The number of alkyl halides is 1. The molecule has 0 aliphatic carbocycles. The van der Waals surface area contributed by atoms with Crippen LogP contribution in [0.4, 0.5) is 0 Å². The predicted molar refractivity (Wildman–Crippen MR) is 47.1 cm³/mol. The average Bonchev–Trinajstić information content (AvgIpc) is 2.09. The summed E-state index contributed by atoms with van der Waals surface area (Å²) in [5, 5.41) is 0. The number of rotatable bonds is 2. The molecule has 0 unspecified atom stereocenters. The normalized spacial score (nSPS) is 10.3. The second-order valence-corrected chi connectivity index (χ2v) is 5.00. The zero-order valence-electron chi connectivity index (χ0n) is 7.94. The quantitative estimate of drug-likeness (QED) is 0.508. The van der Waals surface area contributed by atoms with E-state index in [2.05, 4.69) is 30.9 Å². The molecule has 68 valence electrons. The Kier molecular flexibility index (Phi) is 3.38. The van der Waals surface area contributed by atoms with Gasteiger partial charge in [-0.3, -0.25) is 0 Å². The monoisotopic (exact) mass is 277 g/mol. The fourth-order valence-corrected chi connectivity index (χ4v) is 2.74. The van der Waals surface area contributed by atoms with Crippen molar-refractivity contribution in [2.24, 2.45) is 0 Å². The van der Waals surface area contributed by atoms with Crippen LogP contribution in [-0.4, -0.2) is 12.0 Å². The van der Waals surface area contributed by atoms with E-state index in [1.165, 1.54) is 14.7 Å². The SMILES string of the molecule is COc1cc(C)c(C)cc1[I-]C. The molecule has 0 aliphatic rings. The number of hydrogen-bond acceptors (Lipinski definition) is 1. The standard InChI is InChI=1S/C10H14IO/c1-7-5-9(11-3)10(12-4)6-8(7)2/h5-6H,1-4H3/q-1. The van der Waals surface area contributed by atoms with Gasteiger partial charge in [-0.05, 0) is 0 Å². The van der Waals surface area contributed by atoms with Crippen LogP contribution in [0.3, 0.4) is 0 Å². The van der Waals surface area contributed by atoms with E-state index in [1.54, 1.807) is 7.11 Å². The summed E-state index contributed by atoms with van der Waals surface area (Å²) in [4.78, 5) is 2.26. The predicted octanol–water partition coefficient (Wildman–Crippen LogP) is -0.800. The van der Waals surface area contributed by atoms with Gasteiger partial charge in [0.25, 0.3) is 0 Å². The molecule has 1 nitrogen and oxygen atoms in total. The molecular weight excluding hydrogens is 263 g/mol. The van der Waals surface area contributed by atoms with Gasteiger partial charge < -0.3 is 0 Å². The molecule has 0 fully saturated rings. The number of hydrogen-bond donors (Lipinski definition) is 0. The molecule has 0 saturated heterocycles. The van der Waals surface area contributed by atoms with E-state index in [0.29, 0.717) is 0 Å². The number of ether oxygens (including phenoxy) is 1. The third kappa shape index (κ3) is 1.91. The maximum absolute atomic E-state index is 5.30. The maximum atomic E-state index is 5.30. The Hall–Kier alpha value is -0.250. The van der Waals surface area contributed by atoms with E-state index in [4.69, 9.17) is 4.74 Å². The third-order valence-corrected chi connectivity index (χ3v) is 3.98. The van der Waals surface area contributed by atoms with Gasteiger partial charge in [-0.25, -0.2) is 0 Å². The zero-order chi connectivity index (χ0) is 9.14. The Bertz CT molecular complexity index is 252. The molecule has 0 saturated carbocycles. The average molecular weight is 277 g/mol. The van der Waals surface area contributed by atoms with Crippen LogP contribution in [0.5, 0.6) is 5.75 Å². The second-order valence-electron chi connectivity index (χ2n) is 2.76. The summed E-state index contributed by atoms with van der Waals surface area (Å²) in [7, 11) is 1.74. The molecule has 1 rings (SSSR count). The van der Waals surface area contributed by atoms with Gasteiger partial charge in [0, 0.05) is 0 Å². The van der Waals surface area contributed by atoms with Gasteiger partial charge in [0.2, 0.25) is 0 Å². The van der Waals surface area contributed by atoms with Crippen LogP contribution in [0.1, 0.15) is 11.1 Å². The first-order valence-electron chi connectivity index (χ1n) is 3.83. The molecule has 0 bridgehead atoms. The summed E-state index contributed by atoms with van der Waals surface area (Å²) < 4.78 is 6.70. The first-order chi connectivity index (χ1) is 5.69. The molecule has 0 N–H and O–H groups in total. The fourth-order valence-electron chi connectivity index (χ4n) is 1.06. The Labute approximate surface area is 84.4 Å². The van der Waals surface area contributed by atoms with Crippen molar-refractivity contribution in [2.45, 2.75) is 13.8 Å². The molecule has 2 heteroatoms. The molecule has 0 radical (unpaired) electrons. The van der Waals surface area contributed by atoms with Crippen molar-refractivity contribution in [1.82, 2.24) is 0 Å². The third-order valence-electron chi connectivity index (χ3n) is 1.97. The van der Waals surface area contributed by atoms with Crippen LogP contribution in [0.15, 0.2) is 12.1 Å². The van der Waals surface area contributed by atoms with Crippen LogP contribution < -0.4 is 25.9 Å². The Morgan fingerprint density at radius 1 is 1.17 bits per heavy atom. The number of halogens is 1. The first-order valence-corrected chi connectivity index (χ1v) is 7.07. The van der Waals surface area contributed by atoms with E-state index in [-0.39, 0.29) is 21.2 Å². The van der Waals surface area contributed by atoms with Gasteiger partial charge in [0.1, 0.15) is 0 Å². The van der Waals surface area contributed by atoms with Crippen LogP contribution in [0.2, 0.25) is 0 Å². The minimum atomic E-state index is 0.127. The molecule has 0 amide bonds. The van der Waals surface area contributed by atoms with Crippen molar-refractivity contribution in [3.05, 3.63) is 26.8 Å². The van der Waals surface area contributed by atoms with Crippen molar-refractivity contribution < 1.29 is 25.9 Å². The summed E-state index contributed by atoms with van der Waals surface area (Å²) >= 11 is 0.127. The van der Waals surface area contributed by atoms with Gasteiger partial charge >= 0.3 is 84.4 Å². The van der Waals surface area contributed by atoms with Gasteiger partial charge in [-0.1, -0.05) is 0 Å². The molecule has 12 heavy (non-hydrogen) atoms. The topological polar surface area (TPSA) is 9.23 Å². The van der Waals surface area contributed by atoms with E-state index < -0.39 is 0 Å². The van der Waals surface area contributed by atoms with Crippen molar-refractivity contribution in [2.75, 3.05) is 12.0 Å². The van der Waals surface area contributed by atoms with Gasteiger partial charge in [-0.2, -0.15) is 0 Å². The van der Waals surface area contributed by atoms with E-state index in [9.17, 15) is 0 Å². The zero-order valence-corrected chi connectivity index (χ0v) is 10.1. The van der Waals surface area contributed by atoms with E-state index >= 15 is 0 Å². The summed E-state index contributed by atoms with van der Waals surface area (Å²) in [6.45, 7) is 4.27. The number of methoxy groups -OCH3 is 1. The molecule has 1 aromatic rings. The van der Waals surface area contributed by atoms with Crippen molar-refractivity contribution in [3.8, 4) is 5.75 Å². The van der Waals surface area contributed by atoms with E-state index in [1.807, 2.05) is 0 Å². The summed E-state index contributed by atoms with van der Waals surface area (Å²) in [5.41, 5.74) is 2.68. The number of benzene rings is 1. The molecule has 0 spiro atoms. The minimum absolute atomic E-state index is 0.127. The molecule has 0 heterocycles. The second kappa shape index (κ2) is 4.12. The molecular formula is C10H14IO-. The summed E-state index contributed by atoms with van der Waals surface area (Å²) in [5.74, 6) is 1.06. The first kappa shape index (κ1) is 9.84. The Morgan fingerprint density at radius 2 is 1.75 bits per heavy atom. The molecule has 0 atom stereocenters. The summed E-state index contributed by atoms with van der Waals surface area (Å²) in [6, 6.07) is 4.38.